The summed E-state index contributed by atoms with van der Waals surface area (Å²) < 4.78 is 5.55. The highest BCUT2D eigenvalue weighted by molar-refractivity contribution is 6.04. The molecular formula is C28H30N4O4. The molecule has 4 atom stereocenters. The molecule has 8 heteroatoms. The van der Waals surface area contributed by atoms with Gasteiger partial charge in [-0.3, -0.25) is 9.69 Å². The largest absolute Gasteiger partial charge is 0.496 e. The minimum Gasteiger partial charge on any atom is -0.496 e. The summed E-state index contributed by atoms with van der Waals surface area (Å²) in [6, 6.07) is 16.5. The molecule has 0 aliphatic carbocycles. The smallest absolute Gasteiger partial charge is 0.336 e. The van der Waals surface area contributed by atoms with Crippen LogP contribution in [0, 0.1) is 12.8 Å². The summed E-state index contributed by atoms with van der Waals surface area (Å²) >= 11 is 0. The molecule has 0 saturated carbocycles. The third kappa shape index (κ3) is 4.68. The van der Waals surface area contributed by atoms with E-state index in [2.05, 4.69) is 21.3 Å². The van der Waals surface area contributed by atoms with E-state index in [4.69, 9.17) is 9.72 Å². The van der Waals surface area contributed by atoms with Crippen LogP contribution < -0.4 is 10.1 Å². The normalized spacial score (nSPS) is 22.7. The van der Waals surface area contributed by atoms with Crippen LogP contribution in [0.5, 0.6) is 5.75 Å². The second-order valence-electron chi connectivity index (χ2n) is 9.53. The van der Waals surface area contributed by atoms with Gasteiger partial charge in [-0.25, -0.2) is 14.8 Å². The van der Waals surface area contributed by atoms with E-state index >= 15 is 0 Å². The first-order valence-corrected chi connectivity index (χ1v) is 12.3. The monoisotopic (exact) mass is 486 g/mol. The van der Waals surface area contributed by atoms with E-state index in [1.54, 1.807) is 25.3 Å². The van der Waals surface area contributed by atoms with E-state index in [1.807, 2.05) is 31.2 Å². The zero-order valence-electron chi connectivity index (χ0n) is 20.5. The van der Waals surface area contributed by atoms with Crippen molar-refractivity contribution in [3.63, 3.8) is 0 Å². The molecular weight excluding hydrogens is 456 g/mol. The van der Waals surface area contributed by atoms with Crippen LogP contribution in [0.1, 0.15) is 51.0 Å². The fraction of sp³-hybridized carbons (Fsp3) is 0.357. The van der Waals surface area contributed by atoms with Gasteiger partial charge in [-0.15, -0.1) is 0 Å². The maximum atomic E-state index is 12.7. The molecule has 3 saturated heterocycles. The van der Waals surface area contributed by atoms with Crippen molar-refractivity contribution in [2.75, 3.05) is 26.7 Å². The van der Waals surface area contributed by atoms with Crippen LogP contribution in [0.25, 0.3) is 11.3 Å². The third-order valence-electron chi connectivity index (χ3n) is 7.40. The molecule has 186 valence electrons. The Bertz CT molecular complexity index is 1290. The molecule has 2 N–H and O–H groups in total. The summed E-state index contributed by atoms with van der Waals surface area (Å²) in [6.07, 6.45) is 2.04. The average Bonchev–Trinajstić information content (AvgIpc) is 2.91. The first kappa shape index (κ1) is 23.9. The molecule has 0 radical (unpaired) electrons. The summed E-state index contributed by atoms with van der Waals surface area (Å²) in [4.78, 5) is 36.2. The Labute approximate surface area is 210 Å². The Morgan fingerprint density at radius 1 is 1.11 bits per heavy atom. The number of hydrogen-bond donors (Lipinski definition) is 2. The van der Waals surface area contributed by atoms with Crippen molar-refractivity contribution in [2.24, 2.45) is 5.92 Å². The second kappa shape index (κ2) is 10.1. The minimum absolute atomic E-state index is 0.0190. The van der Waals surface area contributed by atoms with E-state index in [9.17, 15) is 14.7 Å². The molecule has 3 aliphatic rings. The molecule has 2 bridgehead atoms. The van der Waals surface area contributed by atoms with E-state index in [1.165, 1.54) is 6.07 Å². The number of ether oxygens (including phenoxy) is 1. The fourth-order valence-electron chi connectivity index (χ4n) is 5.63. The van der Waals surface area contributed by atoms with Crippen LogP contribution in [0.3, 0.4) is 0 Å². The molecule has 4 heterocycles. The van der Waals surface area contributed by atoms with Crippen LogP contribution >= 0.6 is 0 Å². The molecule has 6 rings (SSSR count). The Hall–Kier alpha value is -3.78. The molecule has 3 aliphatic heterocycles. The SMILES string of the molecule is COc1ccccc1-c1cc(C2CN3CCC2CC3CNC(=O)c2ccccc2C(=O)O)nc(C)n1. The van der Waals surface area contributed by atoms with E-state index in [0.717, 1.165) is 54.5 Å². The van der Waals surface area contributed by atoms with Crippen molar-refractivity contribution in [2.45, 2.75) is 31.7 Å². The van der Waals surface area contributed by atoms with Crippen molar-refractivity contribution in [1.82, 2.24) is 20.2 Å². The summed E-state index contributed by atoms with van der Waals surface area (Å²) in [5.41, 5.74) is 3.09. The molecule has 4 unspecified atom stereocenters. The molecule has 1 amide bonds. The topological polar surface area (TPSA) is 105 Å². The first-order chi connectivity index (χ1) is 17.4. The van der Waals surface area contributed by atoms with Gasteiger partial charge in [0.15, 0.2) is 0 Å². The van der Waals surface area contributed by atoms with Crippen molar-refractivity contribution in [3.05, 3.63) is 77.2 Å². The van der Waals surface area contributed by atoms with Crippen LogP contribution in [-0.4, -0.2) is 64.6 Å². The van der Waals surface area contributed by atoms with Crippen molar-refractivity contribution < 1.29 is 19.4 Å². The molecule has 2 aromatic carbocycles. The maximum absolute atomic E-state index is 12.7. The number of benzene rings is 2. The maximum Gasteiger partial charge on any atom is 0.336 e. The van der Waals surface area contributed by atoms with Crippen LogP contribution in [-0.2, 0) is 0 Å². The molecule has 3 aromatic rings. The van der Waals surface area contributed by atoms with Gasteiger partial charge in [0, 0.05) is 36.3 Å². The number of aryl methyl sites for hydroxylation is 1. The van der Waals surface area contributed by atoms with Gasteiger partial charge in [-0.05, 0) is 62.6 Å². The number of methoxy groups -OCH3 is 1. The van der Waals surface area contributed by atoms with Crippen molar-refractivity contribution in [3.8, 4) is 17.0 Å². The average molecular weight is 487 g/mol. The number of carbonyl (C=O) groups excluding carboxylic acids is 1. The molecule has 1 aromatic heterocycles. The number of nitrogens with one attached hydrogen (secondary N) is 1. The van der Waals surface area contributed by atoms with Gasteiger partial charge >= 0.3 is 5.97 Å². The number of hydrogen-bond acceptors (Lipinski definition) is 6. The highest BCUT2D eigenvalue weighted by Gasteiger charge is 2.41. The number of piperidine rings is 3. The van der Waals surface area contributed by atoms with Crippen molar-refractivity contribution >= 4 is 11.9 Å². The summed E-state index contributed by atoms with van der Waals surface area (Å²) in [6.45, 7) is 4.28. The number of para-hydroxylation sites is 1. The van der Waals surface area contributed by atoms with E-state index < -0.39 is 5.97 Å². The van der Waals surface area contributed by atoms with Gasteiger partial charge in [0.05, 0.1) is 23.9 Å². The molecule has 8 nitrogen and oxygen atoms in total. The lowest BCUT2D eigenvalue weighted by Gasteiger charge is -2.49. The Morgan fingerprint density at radius 3 is 2.58 bits per heavy atom. The van der Waals surface area contributed by atoms with Crippen LogP contribution in [0.4, 0.5) is 0 Å². The first-order valence-electron chi connectivity index (χ1n) is 12.3. The lowest BCUT2D eigenvalue weighted by molar-refractivity contribution is 0.0290. The van der Waals surface area contributed by atoms with Crippen LogP contribution in [0.15, 0.2) is 54.6 Å². The Morgan fingerprint density at radius 2 is 1.86 bits per heavy atom. The molecule has 3 fully saturated rings. The van der Waals surface area contributed by atoms with Gasteiger partial charge < -0.3 is 15.2 Å². The van der Waals surface area contributed by atoms with E-state index in [-0.39, 0.29) is 23.1 Å². The zero-order chi connectivity index (χ0) is 25.2. The number of carbonyl (C=O) groups is 2. The number of carboxylic acid groups (broad SMARTS) is 1. The molecule has 36 heavy (non-hydrogen) atoms. The minimum atomic E-state index is -1.10. The van der Waals surface area contributed by atoms with Crippen LogP contribution in [0.2, 0.25) is 0 Å². The highest BCUT2D eigenvalue weighted by Crippen LogP contribution is 2.42. The lowest BCUT2D eigenvalue weighted by Crippen LogP contribution is -2.56. The highest BCUT2D eigenvalue weighted by atomic mass is 16.5. The fourth-order valence-corrected chi connectivity index (χ4v) is 5.63. The zero-order valence-corrected chi connectivity index (χ0v) is 20.5. The Balaban J connectivity index is 1.30. The number of rotatable bonds is 7. The van der Waals surface area contributed by atoms with E-state index in [0.29, 0.717) is 18.4 Å². The lowest BCUT2D eigenvalue weighted by atomic mass is 9.74. The van der Waals surface area contributed by atoms with Gasteiger partial charge in [0.25, 0.3) is 5.91 Å². The third-order valence-corrected chi connectivity index (χ3v) is 7.40. The quantitative estimate of drug-likeness (QED) is 0.524. The summed E-state index contributed by atoms with van der Waals surface area (Å²) in [5.74, 6) is 0.842. The predicted octanol–water partition coefficient (Wildman–Crippen LogP) is 3.77. The number of fused-ring (bicyclic) bond motifs is 3. The van der Waals surface area contributed by atoms with Gasteiger partial charge in [-0.1, -0.05) is 24.3 Å². The number of aromatic carboxylic acids is 1. The number of amides is 1. The van der Waals surface area contributed by atoms with Gasteiger partial charge in [0.2, 0.25) is 0 Å². The summed E-state index contributed by atoms with van der Waals surface area (Å²) in [7, 11) is 1.67. The van der Waals surface area contributed by atoms with Gasteiger partial charge in [0.1, 0.15) is 11.6 Å². The van der Waals surface area contributed by atoms with Crippen molar-refractivity contribution in [1.29, 1.82) is 0 Å². The van der Waals surface area contributed by atoms with Gasteiger partial charge in [-0.2, -0.15) is 0 Å². The second-order valence-corrected chi connectivity index (χ2v) is 9.53. The standard InChI is InChI=1S/C28H30N4O4/c1-17-30-24(22-9-5-6-10-26(22)36-2)14-25(31-17)23-16-32-12-11-18(23)13-19(32)15-29-27(33)20-7-3-4-8-21(20)28(34)35/h3-10,14,18-19,23H,11-13,15-16H2,1-2H3,(H,29,33)(H,34,35). The molecule has 0 spiro atoms. The Kier molecular flexibility index (Phi) is 6.69. The summed E-state index contributed by atoms with van der Waals surface area (Å²) in [5, 5.41) is 12.4. The number of aromatic nitrogens is 2. The number of nitrogens with zero attached hydrogens (tertiary/aromatic N) is 3. The number of carboxylic acids is 1. The predicted molar refractivity (Wildman–Crippen MR) is 135 cm³/mol.